The molecule has 0 heterocycles. The Bertz CT molecular complexity index is 596. The highest BCUT2D eigenvalue weighted by Gasteiger charge is 2.08. The molecule has 18 heavy (non-hydrogen) atoms. The highest BCUT2D eigenvalue weighted by molar-refractivity contribution is 6.31. The van der Waals surface area contributed by atoms with Gasteiger partial charge in [-0.05, 0) is 37.3 Å². The van der Waals surface area contributed by atoms with E-state index in [1.807, 2.05) is 25.1 Å². The fraction of sp³-hybridized carbons (Fsp3) is 0.0714. The summed E-state index contributed by atoms with van der Waals surface area (Å²) in [6.45, 7) is 1.94. The van der Waals surface area contributed by atoms with Crippen LogP contribution in [0.4, 0.5) is 11.4 Å². The maximum Gasteiger partial charge on any atom is 0.255 e. The minimum absolute atomic E-state index is 0.187. The summed E-state index contributed by atoms with van der Waals surface area (Å²) in [7, 11) is 0. The van der Waals surface area contributed by atoms with Crippen molar-refractivity contribution in [3.05, 3.63) is 58.6 Å². The SMILES string of the molecule is Cc1cccc(C(=O)Nc2ccc(Cl)cc2N)c1. The second-order valence-corrected chi connectivity index (χ2v) is 4.49. The Morgan fingerprint density at radius 1 is 1.22 bits per heavy atom. The molecule has 0 aliphatic carbocycles. The largest absolute Gasteiger partial charge is 0.397 e. The fourth-order valence-corrected chi connectivity index (χ4v) is 1.81. The van der Waals surface area contributed by atoms with Crippen LogP contribution in [0.3, 0.4) is 0 Å². The van der Waals surface area contributed by atoms with Crippen LogP contribution in [-0.2, 0) is 0 Å². The van der Waals surface area contributed by atoms with Crippen LogP contribution in [-0.4, -0.2) is 5.91 Å². The Labute approximate surface area is 111 Å². The predicted octanol–water partition coefficient (Wildman–Crippen LogP) is 3.48. The number of amides is 1. The molecule has 92 valence electrons. The van der Waals surface area contributed by atoms with Crippen LogP contribution in [0.15, 0.2) is 42.5 Å². The standard InChI is InChI=1S/C14H13ClN2O/c1-9-3-2-4-10(7-9)14(18)17-13-6-5-11(15)8-12(13)16/h2-8H,16H2,1H3,(H,17,18). The summed E-state index contributed by atoms with van der Waals surface area (Å²) >= 11 is 5.80. The van der Waals surface area contributed by atoms with Gasteiger partial charge in [-0.25, -0.2) is 0 Å². The molecule has 0 bridgehead atoms. The van der Waals surface area contributed by atoms with Gasteiger partial charge in [-0.15, -0.1) is 0 Å². The number of hydrogen-bond acceptors (Lipinski definition) is 2. The van der Waals surface area contributed by atoms with E-state index in [2.05, 4.69) is 5.32 Å². The highest BCUT2D eigenvalue weighted by Crippen LogP contribution is 2.23. The maximum atomic E-state index is 12.0. The van der Waals surface area contributed by atoms with Gasteiger partial charge in [0.05, 0.1) is 11.4 Å². The lowest BCUT2D eigenvalue weighted by Crippen LogP contribution is -2.13. The van der Waals surface area contributed by atoms with E-state index in [1.54, 1.807) is 24.3 Å². The molecule has 0 fully saturated rings. The summed E-state index contributed by atoms with van der Waals surface area (Å²) in [5.74, 6) is -0.187. The van der Waals surface area contributed by atoms with Crippen LogP contribution in [0.5, 0.6) is 0 Å². The van der Waals surface area contributed by atoms with Gasteiger partial charge in [-0.2, -0.15) is 0 Å². The fourth-order valence-electron chi connectivity index (χ4n) is 1.63. The third-order valence-electron chi connectivity index (χ3n) is 2.54. The van der Waals surface area contributed by atoms with E-state index in [-0.39, 0.29) is 5.91 Å². The molecule has 0 saturated heterocycles. The Balaban J connectivity index is 2.21. The summed E-state index contributed by atoms with van der Waals surface area (Å²) in [6, 6.07) is 12.3. The van der Waals surface area contributed by atoms with Crippen molar-refractivity contribution in [1.82, 2.24) is 0 Å². The zero-order chi connectivity index (χ0) is 13.1. The number of nitrogens with two attached hydrogens (primary N) is 1. The number of carbonyl (C=O) groups is 1. The predicted molar refractivity (Wildman–Crippen MR) is 75.0 cm³/mol. The molecule has 2 aromatic carbocycles. The molecule has 0 saturated carbocycles. The van der Waals surface area contributed by atoms with Gasteiger partial charge in [-0.1, -0.05) is 29.3 Å². The number of rotatable bonds is 2. The number of nitrogen functional groups attached to an aromatic ring is 1. The number of benzene rings is 2. The molecule has 1 amide bonds. The summed E-state index contributed by atoms with van der Waals surface area (Å²) in [5, 5.41) is 3.30. The van der Waals surface area contributed by atoms with Crippen LogP contribution in [0.1, 0.15) is 15.9 Å². The maximum absolute atomic E-state index is 12.0. The van der Waals surface area contributed by atoms with E-state index >= 15 is 0 Å². The Morgan fingerprint density at radius 2 is 2.00 bits per heavy atom. The van der Waals surface area contributed by atoms with Gasteiger partial charge in [0, 0.05) is 10.6 Å². The Hall–Kier alpha value is -2.00. The Kier molecular flexibility index (Phi) is 3.53. The second-order valence-electron chi connectivity index (χ2n) is 4.06. The third-order valence-corrected chi connectivity index (χ3v) is 2.78. The molecule has 0 unspecified atom stereocenters. The van der Waals surface area contributed by atoms with Crippen molar-refractivity contribution in [3.63, 3.8) is 0 Å². The molecule has 0 radical (unpaired) electrons. The first-order chi connectivity index (χ1) is 8.56. The molecule has 0 aliphatic heterocycles. The average molecular weight is 261 g/mol. The summed E-state index contributed by atoms with van der Waals surface area (Å²) in [5.41, 5.74) is 8.42. The van der Waals surface area contributed by atoms with Gasteiger partial charge in [0.1, 0.15) is 0 Å². The molecule has 4 heteroatoms. The number of hydrogen-bond donors (Lipinski definition) is 2. The quantitative estimate of drug-likeness (QED) is 0.812. The second kappa shape index (κ2) is 5.10. The number of nitrogens with one attached hydrogen (secondary N) is 1. The number of halogens is 1. The zero-order valence-corrected chi connectivity index (χ0v) is 10.7. The van der Waals surface area contributed by atoms with Crippen LogP contribution in [0, 0.1) is 6.92 Å². The number of carbonyl (C=O) groups excluding carboxylic acids is 1. The molecule has 3 N–H and O–H groups in total. The number of aryl methyl sites for hydroxylation is 1. The van der Waals surface area contributed by atoms with Gasteiger partial charge < -0.3 is 11.1 Å². The lowest BCUT2D eigenvalue weighted by molar-refractivity contribution is 0.102. The average Bonchev–Trinajstić information content (AvgIpc) is 2.32. The van der Waals surface area contributed by atoms with Gasteiger partial charge in [0.2, 0.25) is 0 Å². The zero-order valence-electron chi connectivity index (χ0n) is 9.91. The lowest BCUT2D eigenvalue weighted by atomic mass is 10.1. The third kappa shape index (κ3) is 2.81. The minimum Gasteiger partial charge on any atom is -0.397 e. The van der Waals surface area contributed by atoms with Crippen molar-refractivity contribution in [2.45, 2.75) is 6.92 Å². The highest BCUT2D eigenvalue weighted by atomic mass is 35.5. The van der Waals surface area contributed by atoms with Gasteiger partial charge in [-0.3, -0.25) is 4.79 Å². The molecular weight excluding hydrogens is 248 g/mol. The van der Waals surface area contributed by atoms with Crippen LogP contribution >= 0.6 is 11.6 Å². The normalized spacial score (nSPS) is 10.1. The summed E-state index contributed by atoms with van der Waals surface area (Å²) in [4.78, 5) is 12.0. The van der Waals surface area contributed by atoms with Crippen LogP contribution in [0.2, 0.25) is 5.02 Å². The first kappa shape index (κ1) is 12.5. The first-order valence-electron chi connectivity index (χ1n) is 5.49. The van der Waals surface area contributed by atoms with Crippen molar-refractivity contribution >= 4 is 28.9 Å². The van der Waals surface area contributed by atoms with Gasteiger partial charge in [0.25, 0.3) is 5.91 Å². The van der Waals surface area contributed by atoms with E-state index < -0.39 is 0 Å². The van der Waals surface area contributed by atoms with Gasteiger partial charge in [0.15, 0.2) is 0 Å². The van der Waals surface area contributed by atoms with E-state index in [1.165, 1.54) is 0 Å². The molecule has 0 atom stereocenters. The molecule has 3 nitrogen and oxygen atoms in total. The summed E-state index contributed by atoms with van der Waals surface area (Å²) < 4.78 is 0. The van der Waals surface area contributed by atoms with Crippen LogP contribution < -0.4 is 11.1 Å². The number of anilines is 2. The van der Waals surface area contributed by atoms with Crippen molar-refractivity contribution in [2.75, 3.05) is 11.1 Å². The smallest absolute Gasteiger partial charge is 0.255 e. The molecular formula is C14H13ClN2O. The lowest BCUT2D eigenvalue weighted by Gasteiger charge is -2.08. The van der Waals surface area contributed by atoms with Gasteiger partial charge >= 0.3 is 0 Å². The van der Waals surface area contributed by atoms with Crippen molar-refractivity contribution in [2.24, 2.45) is 0 Å². The van der Waals surface area contributed by atoms with Crippen molar-refractivity contribution in [1.29, 1.82) is 0 Å². The first-order valence-corrected chi connectivity index (χ1v) is 5.87. The molecule has 2 aromatic rings. The Morgan fingerprint density at radius 3 is 2.67 bits per heavy atom. The van der Waals surface area contributed by atoms with E-state index in [0.29, 0.717) is 22.0 Å². The summed E-state index contributed by atoms with van der Waals surface area (Å²) in [6.07, 6.45) is 0. The van der Waals surface area contributed by atoms with Crippen molar-refractivity contribution < 1.29 is 4.79 Å². The van der Waals surface area contributed by atoms with E-state index in [9.17, 15) is 4.79 Å². The van der Waals surface area contributed by atoms with Crippen molar-refractivity contribution in [3.8, 4) is 0 Å². The topological polar surface area (TPSA) is 55.1 Å². The monoisotopic (exact) mass is 260 g/mol. The van der Waals surface area contributed by atoms with Crippen LogP contribution in [0.25, 0.3) is 0 Å². The molecule has 2 rings (SSSR count). The van der Waals surface area contributed by atoms with E-state index in [4.69, 9.17) is 17.3 Å². The molecule has 0 spiro atoms. The minimum atomic E-state index is -0.187. The molecule has 0 aromatic heterocycles. The van der Waals surface area contributed by atoms with E-state index in [0.717, 1.165) is 5.56 Å². The molecule has 0 aliphatic rings.